The van der Waals surface area contributed by atoms with Gasteiger partial charge in [-0.25, -0.2) is 0 Å². The van der Waals surface area contributed by atoms with Gasteiger partial charge in [-0.2, -0.15) is 0 Å². The molecule has 0 heterocycles. The maximum Gasteiger partial charge on any atom is 0.573 e. The molecule has 5 nitrogen and oxygen atoms in total. The first-order valence-electron chi connectivity index (χ1n) is 8.91. The lowest BCUT2D eigenvalue weighted by atomic mass is 9.86. The van der Waals surface area contributed by atoms with E-state index in [0.29, 0.717) is 0 Å². The van der Waals surface area contributed by atoms with Crippen LogP contribution in [0.5, 0.6) is 5.75 Å². The summed E-state index contributed by atoms with van der Waals surface area (Å²) in [6, 6.07) is 10.4. The number of aryl methyl sites for hydroxylation is 2. The highest BCUT2D eigenvalue weighted by atomic mass is 19.4. The van der Waals surface area contributed by atoms with Crippen LogP contribution in [0.3, 0.4) is 0 Å². The molecule has 0 aliphatic rings. The fourth-order valence-corrected chi connectivity index (χ4v) is 3.08. The molecule has 2 N–H and O–H groups in total. The second-order valence-corrected chi connectivity index (χ2v) is 6.99. The molecule has 156 valence electrons. The summed E-state index contributed by atoms with van der Waals surface area (Å²) in [5.74, 6) is -3.86. The SMILES string of the molecule is Cc1cc(C)cc(C[C@H](C(=O)Nc2ccc(OC(F)(F)F)cc2)[C@H](C)C(=O)O)c1. The lowest BCUT2D eigenvalue weighted by Crippen LogP contribution is -2.33. The van der Waals surface area contributed by atoms with Crippen molar-refractivity contribution in [3.05, 3.63) is 59.2 Å². The van der Waals surface area contributed by atoms with Gasteiger partial charge in [-0.15, -0.1) is 13.2 Å². The maximum atomic E-state index is 12.8. The second kappa shape index (κ2) is 8.98. The van der Waals surface area contributed by atoms with Crippen LogP contribution in [0.4, 0.5) is 18.9 Å². The zero-order valence-electron chi connectivity index (χ0n) is 16.2. The number of rotatable bonds is 7. The quantitative estimate of drug-likeness (QED) is 0.694. The normalized spacial score (nSPS) is 13.4. The molecule has 0 saturated carbocycles. The van der Waals surface area contributed by atoms with Crippen LogP contribution >= 0.6 is 0 Å². The predicted molar refractivity (Wildman–Crippen MR) is 102 cm³/mol. The van der Waals surface area contributed by atoms with Gasteiger partial charge in [-0.05, 0) is 50.1 Å². The molecule has 29 heavy (non-hydrogen) atoms. The Balaban J connectivity index is 2.18. The first-order chi connectivity index (χ1) is 13.4. The smallest absolute Gasteiger partial charge is 0.481 e. The highest BCUT2D eigenvalue weighted by Gasteiger charge is 2.32. The molecule has 0 aliphatic heterocycles. The molecule has 0 saturated heterocycles. The monoisotopic (exact) mass is 409 g/mol. The summed E-state index contributed by atoms with van der Waals surface area (Å²) in [6.07, 6.45) is -4.59. The predicted octanol–water partition coefficient (Wildman–Crippen LogP) is 4.72. The summed E-state index contributed by atoms with van der Waals surface area (Å²) in [5.41, 5.74) is 3.09. The summed E-state index contributed by atoms with van der Waals surface area (Å²) in [7, 11) is 0. The minimum Gasteiger partial charge on any atom is -0.481 e. The molecule has 0 fully saturated rings. The molecule has 2 atom stereocenters. The van der Waals surface area contributed by atoms with Crippen molar-refractivity contribution in [2.75, 3.05) is 5.32 Å². The number of amides is 1. The summed E-state index contributed by atoms with van der Waals surface area (Å²) in [4.78, 5) is 24.3. The number of aliphatic carboxylic acids is 1. The second-order valence-electron chi connectivity index (χ2n) is 6.99. The fourth-order valence-electron chi connectivity index (χ4n) is 3.08. The standard InChI is InChI=1S/C21H22F3NO4/c1-12-8-13(2)10-15(9-12)11-18(14(3)20(27)28)19(26)25-16-4-6-17(7-5-16)29-21(22,23)24/h4-10,14,18H,11H2,1-3H3,(H,25,26)(H,27,28)/t14-,18-/m0/s1. The minimum absolute atomic E-state index is 0.219. The third-order valence-electron chi connectivity index (χ3n) is 4.42. The highest BCUT2D eigenvalue weighted by Crippen LogP contribution is 2.26. The number of halogens is 3. The topological polar surface area (TPSA) is 75.6 Å². The number of nitrogens with one attached hydrogen (secondary N) is 1. The number of alkyl halides is 3. The molecule has 8 heteroatoms. The Kier molecular flexibility index (Phi) is 6.89. The van der Waals surface area contributed by atoms with Gasteiger partial charge in [0.1, 0.15) is 5.75 Å². The average Bonchev–Trinajstić information content (AvgIpc) is 2.58. The first-order valence-corrected chi connectivity index (χ1v) is 8.91. The molecule has 2 aromatic rings. The Labute approximate surface area is 166 Å². The van der Waals surface area contributed by atoms with Crippen molar-refractivity contribution in [2.24, 2.45) is 11.8 Å². The molecule has 0 bridgehead atoms. The van der Waals surface area contributed by atoms with E-state index in [-0.39, 0.29) is 12.1 Å². The lowest BCUT2D eigenvalue weighted by Gasteiger charge is -2.21. The van der Waals surface area contributed by atoms with Crippen molar-refractivity contribution in [3.63, 3.8) is 0 Å². The average molecular weight is 409 g/mol. The Morgan fingerprint density at radius 3 is 2.10 bits per heavy atom. The number of carboxylic acids is 1. The number of carboxylic acid groups (broad SMARTS) is 1. The van der Waals surface area contributed by atoms with Gasteiger partial charge in [0, 0.05) is 5.69 Å². The molecule has 0 aromatic heterocycles. The zero-order chi connectivity index (χ0) is 21.8. The Bertz CT molecular complexity index is 858. The van der Waals surface area contributed by atoms with E-state index in [1.807, 2.05) is 32.0 Å². The van der Waals surface area contributed by atoms with Gasteiger partial charge in [-0.3, -0.25) is 9.59 Å². The molecule has 1 amide bonds. The minimum atomic E-state index is -4.81. The van der Waals surface area contributed by atoms with E-state index >= 15 is 0 Å². The van der Waals surface area contributed by atoms with Gasteiger partial charge < -0.3 is 15.2 Å². The van der Waals surface area contributed by atoms with E-state index in [0.717, 1.165) is 28.8 Å². The molecule has 2 aromatic carbocycles. The largest absolute Gasteiger partial charge is 0.573 e. The van der Waals surface area contributed by atoms with Crippen LogP contribution in [-0.2, 0) is 16.0 Å². The van der Waals surface area contributed by atoms with Crippen LogP contribution in [0.25, 0.3) is 0 Å². The van der Waals surface area contributed by atoms with Crippen molar-refractivity contribution in [1.82, 2.24) is 0 Å². The number of anilines is 1. The Morgan fingerprint density at radius 1 is 1.07 bits per heavy atom. The lowest BCUT2D eigenvalue weighted by molar-refractivity contribution is -0.274. The number of benzene rings is 2. The first kappa shape index (κ1) is 22.3. The van der Waals surface area contributed by atoms with Crippen molar-refractivity contribution in [1.29, 1.82) is 0 Å². The van der Waals surface area contributed by atoms with Gasteiger partial charge in [0.25, 0.3) is 0 Å². The molecule has 0 spiro atoms. The molecule has 2 rings (SSSR count). The Hall–Kier alpha value is -3.03. The molecule has 0 aliphatic carbocycles. The van der Waals surface area contributed by atoms with Crippen molar-refractivity contribution in [2.45, 2.75) is 33.6 Å². The van der Waals surface area contributed by atoms with Gasteiger partial charge in [-0.1, -0.05) is 36.2 Å². The van der Waals surface area contributed by atoms with Gasteiger partial charge >= 0.3 is 12.3 Å². The number of ether oxygens (including phenoxy) is 1. The fraction of sp³-hybridized carbons (Fsp3) is 0.333. The molecule has 0 radical (unpaired) electrons. The zero-order valence-corrected chi connectivity index (χ0v) is 16.2. The van der Waals surface area contributed by atoms with Crippen LogP contribution in [-0.4, -0.2) is 23.3 Å². The van der Waals surface area contributed by atoms with Gasteiger partial charge in [0.05, 0.1) is 11.8 Å². The van der Waals surface area contributed by atoms with Crippen LogP contribution in [0, 0.1) is 25.7 Å². The summed E-state index contributed by atoms with van der Waals surface area (Å²) in [6.45, 7) is 5.28. The number of hydrogen-bond acceptors (Lipinski definition) is 3. The van der Waals surface area contributed by atoms with E-state index in [2.05, 4.69) is 10.1 Å². The number of carbonyl (C=O) groups is 2. The van der Waals surface area contributed by atoms with Crippen LogP contribution in [0.15, 0.2) is 42.5 Å². The molecular weight excluding hydrogens is 387 g/mol. The van der Waals surface area contributed by atoms with E-state index in [1.54, 1.807) is 0 Å². The maximum absolute atomic E-state index is 12.8. The van der Waals surface area contributed by atoms with E-state index in [9.17, 15) is 27.9 Å². The third kappa shape index (κ3) is 6.81. The summed E-state index contributed by atoms with van der Waals surface area (Å²) >= 11 is 0. The van der Waals surface area contributed by atoms with Crippen molar-refractivity contribution >= 4 is 17.6 Å². The molecule has 0 unspecified atom stereocenters. The van der Waals surface area contributed by atoms with Crippen LogP contribution < -0.4 is 10.1 Å². The summed E-state index contributed by atoms with van der Waals surface area (Å²) in [5, 5.41) is 12.0. The van der Waals surface area contributed by atoms with Crippen molar-refractivity contribution in [3.8, 4) is 5.75 Å². The third-order valence-corrected chi connectivity index (χ3v) is 4.42. The number of hydrogen-bond donors (Lipinski definition) is 2. The van der Waals surface area contributed by atoms with Crippen LogP contribution in [0.1, 0.15) is 23.6 Å². The van der Waals surface area contributed by atoms with Crippen molar-refractivity contribution < 1.29 is 32.6 Å². The Morgan fingerprint density at radius 2 is 1.62 bits per heavy atom. The van der Waals surface area contributed by atoms with Crippen LogP contribution in [0.2, 0.25) is 0 Å². The highest BCUT2D eigenvalue weighted by molar-refractivity contribution is 5.95. The molecular formula is C21H22F3NO4. The van der Waals surface area contributed by atoms with E-state index in [4.69, 9.17) is 0 Å². The summed E-state index contributed by atoms with van der Waals surface area (Å²) < 4.78 is 40.5. The van der Waals surface area contributed by atoms with Gasteiger partial charge in [0.15, 0.2) is 0 Å². The van der Waals surface area contributed by atoms with E-state index < -0.39 is 35.8 Å². The number of carbonyl (C=O) groups excluding carboxylic acids is 1. The van der Waals surface area contributed by atoms with Gasteiger partial charge in [0.2, 0.25) is 5.91 Å². The van der Waals surface area contributed by atoms with E-state index in [1.165, 1.54) is 19.1 Å².